The number of hydrogen-bond donors (Lipinski definition) is 1. The minimum atomic E-state index is -0.00524. The maximum atomic E-state index is 12.3. The third kappa shape index (κ3) is 4.73. The van der Waals surface area contributed by atoms with Crippen LogP contribution in [0.4, 0.5) is 4.79 Å². The third-order valence-electron chi connectivity index (χ3n) is 4.24. The summed E-state index contributed by atoms with van der Waals surface area (Å²) in [6.45, 7) is 4.77. The zero-order chi connectivity index (χ0) is 16.8. The van der Waals surface area contributed by atoms with Crippen molar-refractivity contribution < 1.29 is 4.79 Å². The van der Waals surface area contributed by atoms with Crippen LogP contribution in [-0.2, 0) is 13.1 Å². The normalized spacial score (nSPS) is 15.3. The van der Waals surface area contributed by atoms with Crippen LogP contribution in [0.15, 0.2) is 54.6 Å². The minimum Gasteiger partial charge on any atom is -0.334 e. The van der Waals surface area contributed by atoms with E-state index in [-0.39, 0.29) is 6.03 Å². The van der Waals surface area contributed by atoms with E-state index in [1.807, 2.05) is 35.2 Å². The highest BCUT2D eigenvalue weighted by atomic mass is 35.5. The summed E-state index contributed by atoms with van der Waals surface area (Å²) in [4.78, 5) is 16.6. The summed E-state index contributed by atoms with van der Waals surface area (Å²) >= 11 is 5.96. The van der Waals surface area contributed by atoms with E-state index >= 15 is 0 Å². The Balaban J connectivity index is 1.43. The lowest BCUT2D eigenvalue weighted by molar-refractivity contribution is 0.135. The van der Waals surface area contributed by atoms with Crippen LogP contribution in [-0.4, -0.2) is 42.0 Å². The summed E-state index contributed by atoms with van der Waals surface area (Å²) in [7, 11) is 0. The van der Waals surface area contributed by atoms with Crippen LogP contribution in [0.5, 0.6) is 0 Å². The van der Waals surface area contributed by atoms with Crippen LogP contribution < -0.4 is 5.32 Å². The molecule has 2 aromatic rings. The molecule has 0 unspecified atom stereocenters. The summed E-state index contributed by atoms with van der Waals surface area (Å²) in [6, 6.07) is 18.0. The predicted octanol–water partition coefficient (Wildman–Crippen LogP) is 3.37. The van der Waals surface area contributed by atoms with Gasteiger partial charge in [0.15, 0.2) is 0 Å². The van der Waals surface area contributed by atoms with E-state index in [0.717, 1.165) is 38.3 Å². The topological polar surface area (TPSA) is 35.6 Å². The molecule has 1 fully saturated rings. The zero-order valence-electron chi connectivity index (χ0n) is 13.6. The fraction of sp³-hybridized carbons (Fsp3) is 0.316. The van der Waals surface area contributed by atoms with E-state index in [9.17, 15) is 4.79 Å². The third-order valence-corrected chi connectivity index (χ3v) is 4.48. The molecule has 5 heteroatoms. The van der Waals surface area contributed by atoms with Gasteiger partial charge in [-0.05, 0) is 23.3 Å². The highest BCUT2D eigenvalue weighted by molar-refractivity contribution is 6.30. The predicted molar refractivity (Wildman–Crippen MR) is 97.0 cm³/mol. The van der Waals surface area contributed by atoms with Gasteiger partial charge < -0.3 is 10.2 Å². The Kier molecular flexibility index (Phi) is 5.72. The standard InChI is InChI=1S/C19H22ClN3O/c20-18-8-4-7-17(13-18)14-21-19(24)23-11-9-22(10-12-23)15-16-5-2-1-3-6-16/h1-8,13H,9-12,14-15H2,(H,21,24). The average Bonchev–Trinajstić information content (AvgIpc) is 2.61. The number of halogens is 1. The van der Waals surface area contributed by atoms with Gasteiger partial charge in [-0.3, -0.25) is 4.90 Å². The first-order chi connectivity index (χ1) is 11.7. The highest BCUT2D eigenvalue weighted by Gasteiger charge is 2.20. The van der Waals surface area contributed by atoms with Gasteiger partial charge in [0, 0.05) is 44.3 Å². The fourth-order valence-electron chi connectivity index (χ4n) is 2.89. The Morgan fingerprint density at radius 2 is 1.67 bits per heavy atom. The van der Waals surface area contributed by atoms with Gasteiger partial charge >= 0.3 is 6.03 Å². The Labute approximate surface area is 148 Å². The van der Waals surface area contributed by atoms with E-state index in [0.29, 0.717) is 11.6 Å². The number of rotatable bonds is 4. The smallest absolute Gasteiger partial charge is 0.317 e. The lowest BCUT2D eigenvalue weighted by Gasteiger charge is -2.34. The molecule has 1 heterocycles. The maximum Gasteiger partial charge on any atom is 0.317 e. The van der Waals surface area contributed by atoms with Crippen molar-refractivity contribution in [1.82, 2.24) is 15.1 Å². The molecule has 126 valence electrons. The average molecular weight is 344 g/mol. The van der Waals surface area contributed by atoms with Crippen LogP contribution in [0.25, 0.3) is 0 Å². The second kappa shape index (κ2) is 8.18. The van der Waals surface area contributed by atoms with Crippen molar-refractivity contribution >= 4 is 17.6 Å². The Bertz CT molecular complexity index is 669. The van der Waals surface area contributed by atoms with Crippen LogP contribution in [0.2, 0.25) is 5.02 Å². The lowest BCUT2D eigenvalue weighted by Crippen LogP contribution is -2.51. The van der Waals surface area contributed by atoms with Gasteiger partial charge in [0.05, 0.1) is 0 Å². The van der Waals surface area contributed by atoms with E-state index < -0.39 is 0 Å². The van der Waals surface area contributed by atoms with Crippen molar-refractivity contribution in [3.63, 3.8) is 0 Å². The Hall–Kier alpha value is -2.04. The van der Waals surface area contributed by atoms with E-state index in [1.165, 1.54) is 5.56 Å². The number of piperazine rings is 1. The van der Waals surface area contributed by atoms with E-state index in [2.05, 4.69) is 34.5 Å². The molecule has 0 atom stereocenters. The molecule has 3 rings (SSSR count). The van der Waals surface area contributed by atoms with Crippen molar-refractivity contribution in [2.75, 3.05) is 26.2 Å². The molecule has 1 aliphatic heterocycles. The fourth-order valence-corrected chi connectivity index (χ4v) is 3.10. The largest absolute Gasteiger partial charge is 0.334 e. The molecular weight excluding hydrogens is 322 g/mol. The van der Waals surface area contributed by atoms with Crippen molar-refractivity contribution in [2.45, 2.75) is 13.1 Å². The molecule has 0 aliphatic carbocycles. The zero-order valence-corrected chi connectivity index (χ0v) is 14.4. The van der Waals surface area contributed by atoms with Crippen molar-refractivity contribution in [3.8, 4) is 0 Å². The first-order valence-corrected chi connectivity index (χ1v) is 8.62. The quantitative estimate of drug-likeness (QED) is 0.923. The van der Waals surface area contributed by atoms with Gasteiger partial charge in [0.25, 0.3) is 0 Å². The Morgan fingerprint density at radius 3 is 2.38 bits per heavy atom. The molecule has 1 N–H and O–H groups in total. The van der Waals surface area contributed by atoms with Crippen LogP contribution in [0, 0.1) is 0 Å². The molecule has 1 saturated heterocycles. The molecule has 1 aliphatic rings. The molecular formula is C19H22ClN3O. The van der Waals surface area contributed by atoms with Gasteiger partial charge in [0.2, 0.25) is 0 Å². The van der Waals surface area contributed by atoms with Crippen molar-refractivity contribution in [1.29, 1.82) is 0 Å². The molecule has 0 radical (unpaired) electrons. The van der Waals surface area contributed by atoms with Crippen LogP contribution in [0.1, 0.15) is 11.1 Å². The number of nitrogens with one attached hydrogen (secondary N) is 1. The lowest BCUT2D eigenvalue weighted by atomic mass is 10.2. The van der Waals surface area contributed by atoms with Crippen molar-refractivity contribution in [3.05, 3.63) is 70.7 Å². The first kappa shape index (κ1) is 16.8. The molecule has 2 amide bonds. The van der Waals surface area contributed by atoms with Gasteiger partial charge in [0.1, 0.15) is 0 Å². The van der Waals surface area contributed by atoms with Gasteiger partial charge in [-0.2, -0.15) is 0 Å². The monoisotopic (exact) mass is 343 g/mol. The molecule has 0 spiro atoms. The number of benzene rings is 2. The maximum absolute atomic E-state index is 12.3. The number of carbonyl (C=O) groups excluding carboxylic acids is 1. The molecule has 0 saturated carbocycles. The summed E-state index contributed by atoms with van der Waals surface area (Å²) in [6.07, 6.45) is 0. The Morgan fingerprint density at radius 1 is 0.958 bits per heavy atom. The second-order valence-electron chi connectivity index (χ2n) is 6.04. The summed E-state index contributed by atoms with van der Waals surface area (Å²) in [5.41, 5.74) is 2.33. The molecule has 24 heavy (non-hydrogen) atoms. The number of urea groups is 1. The number of hydrogen-bond acceptors (Lipinski definition) is 2. The number of amides is 2. The van der Waals surface area contributed by atoms with Crippen LogP contribution >= 0.6 is 11.6 Å². The summed E-state index contributed by atoms with van der Waals surface area (Å²) in [5, 5.41) is 3.66. The van der Waals surface area contributed by atoms with E-state index in [4.69, 9.17) is 11.6 Å². The summed E-state index contributed by atoms with van der Waals surface area (Å²) < 4.78 is 0. The number of nitrogens with zero attached hydrogens (tertiary/aromatic N) is 2. The van der Waals surface area contributed by atoms with Gasteiger partial charge in [-0.25, -0.2) is 4.79 Å². The summed E-state index contributed by atoms with van der Waals surface area (Å²) in [5.74, 6) is 0. The molecule has 4 nitrogen and oxygen atoms in total. The van der Waals surface area contributed by atoms with Gasteiger partial charge in [-0.15, -0.1) is 0 Å². The second-order valence-corrected chi connectivity index (χ2v) is 6.47. The SMILES string of the molecule is O=C(NCc1cccc(Cl)c1)N1CCN(Cc2ccccc2)CC1. The highest BCUT2D eigenvalue weighted by Crippen LogP contribution is 2.11. The van der Waals surface area contributed by atoms with Crippen molar-refractivity contribution in [2.24, 2.45) is 0 Å². The number of carbonyl (C=O) groups is 1. The molecule has 0 bridgehead atoms. The van der Waals surface area contributed by atoms with Crippen LogP contribution in [0.3, 0.4) is 0 Å². The van der Waals surface area contributed by atoms with Gasteiger partial charge in [-0.1, -0.05) is 54.1 Å². The minimum absolute atomic E-state index is 0.00524. The van der Waals surface area contributed by atoms with E-state index in [1.54, 1.807) is 0 Å². The molecule has 0 aromatic heterocycles. The molecule has 2 aromatic carbocycles. The first-order valence-electron chi connectivity index (χ1n) is 8.24.